The van der Waals surface area contributed by atoms with Gasteiger partial charge in [0.1, 0.15) is 35.4 Å². The van der Waals surface area contributed by atoms with Gasteiger partial charge in [0.05, 0.1) is 33.0 Å². The van der Waals surface area contributed by atoms with E-state index in [0.717, 1.165) is 41.6 Å². The Kier molecular flexibility index (Phi) is 12.3. The van der Waals surface area contributed by atoms with Crippen molar-refractivity contribution in [3.05, 3.63) is 97.8 Å². The van der Waals surface area contributed by atoms with Crippen LogP contribution in [0.3, 0.4) is 0 Å². The average molecular weight is 974 g/mol. The number of nitrogens with zero attached hydrogens (tertiary/aromatic N) is 7. The van der Waals surface area contributed by atoms with E-state index in [4.69, 9.17) is 11.6 Å². The van der Waals surface area contributed by atoms with Crippen molar-refractivity contribution in [3.63, 3.8) is 0 Å². The summed E-state index contributed by atoms with van der Waals surface area (Å²) >= 11 is 7.69. The predicted molar refractivity (Wildman–Crippen MR) is 208 cm³/mol. The van der Waals surface area contributed by atoms with Crippen molar-refractivity contribution >= 4 is 57.2 Å². The number of hydrogen-bond acceptors (Lipinski definition) is 9. The SMILES string of the molecule is CSNc1nn(C)c2c(-n3c(C(Cc4cc(F)cc(F)c4)NC(=O)Cn4nc(C(F)F)c5c4C(F)(F)C(C)C5)nc4nc(OCC(F)(F)C(F)(F)C(F)(F)F)ccc4c3=O)ccc(Cl)c12. The van der Waals surface area contributed by atoms with Gasteiger partial charge in [-0.15, -0.1) is 0 Å². The van der Waals surface area contributed by atoms with Crippen LogP contribution in [-0.4, -0.2) is 70.9 Å². The molecule has 0 saturated heterocycles. The number of aromatic nitrogens is 7. The number of amides is 1. The van der Waals surface area contributed by atoms with E-state index in [1.54, 1.807) is 6.26 Å². The highest BCUT2D eigenvalue weighted by atomic mass is 35.5. The molecular weight excluding hydrogens is 945 g/mol. The number of ether oxygens (including phenoxy) is 1. The fourth-order valence-electron chi connectivity index (χ4n) is 7.38. The smallest absolute Gasteiger partial charge is 0.460 e. The van der Waals surface area contributed by atoms with E-state index < -0.39 is 131 Å². The van der Waals surface area contributed by atoms with E-state index in [9.17, 15) is 57.9 Å². The zero-order chi connectivity index (χ0) is 47.7. The molecule has 348 valence electrons. The molecule has 0 aliphatic heterocycles. The lowest BCUT2D eigenvalue weighted by Crippen LogP contribution is -2.54. The standard InChI is InChI=1S/C38H29ClF13N9O3S/c1-15-8-20-27(30(42)43)56-60(29(20)36(15,46)47)13-24(62)53-22(11-16-9-17(40)12-18(41)10-16)33-55-31-19(4-7-25(54-31)64-14-35(44,45)37(48,49)38(50,51)52)34(63)61(33)23-6-5-21(39)26-28(23)59(2)57-32(26)58-65-3/h4-7,9-10,12,15,22,30H,8,11,13-14H2,1-3H3,(H,53,62)(H,57,58). The molecule has 0 bridgehead atoms. The minimum absolute atomic E-state index is 0.0919. The Balaban J connectivity index is 1.43. The molecule has 27 heteroatoms. The summed E-state index contributed by atoms with van der Waals surface area (Å²) in [6, 6.07) is 4.45. The molecule has 1 amide bonds. The number of hydrogen-bond donors (Lipinski definition) is 2. The number of benzene rings is 2. The molecule has 0 radical (unpaired) electrons. The van der Waals surface area contributed by atoms with Gasteiger partial charge in [0.25, 0.3) is 17.9 Å². The first-order chi connectivity index (χ1) is 30.3. The van der Waals surface area contributed by atoms with Crippen molar-refractivity contribution in [2.45, 2.75) is 62.7 Å². The lowest BCUT2D eigenvalue weighted by atomic mass is 10.0. The van der Waals surface area contributed by atoms with E-state index in [2.05, 4.69) is 34.9 Å². The highest BCUT2D eigenvalue weighted by Crippen LogP contribution is 2.49. The van der Waals surface area contributed by atoms with Crippen LogP contribution in [0.2, 0.25) is 5.02 Å². The average Bonchev–Trinajstić information content (AvgIpc) is 3.81. The lowest BCUT2D eigenvalue weighted by Gasteiger charge is -2.27. The molecule has 4 aromatic heterocycles. The van der Waals surface area contributed by atoms with Crippen LogP contribution in [0, 0.1) is 17.6 Å². The largest absolute Gasteiger partial charge is 0.471 e. The summed E-state index contributed by atoms with van der Waals surface area (Å²) in [4.78, 5) is 36.9. The minimum Gasteiger partial charge on any atom is -0.471 e. The Hall–Kier alpha value is -5.79. The van der Waals surface area contributed by atoms with Crippen LogP contribution in [0.15, 0.2) is 47.3 Å². The molecule has 2 unspecified atom stereocenters. The second-order valence-corrected chi connectivity index (χ2v) is 15.8. The van der Waals surface area contributed by atoms with Crippen molar-refractivity contribution in [1.82, 2.24) is 39.4 Å². The number of fused-ring (bicyclic) bond motifs is 3. The van der Waals surface area contributed by atoms with Crippen molar-refractivity contribution in [1.29, 1.82) is 0 Å². The summed E-state index contributed by atoms with van der Waals surface area (Å²) in [5, 5.41) is 10.2. The Morgan fingerprint density at radius 3 is 2.32 bits per heavy atom. The molecular formula is C38H29ClF13N9O3S. The van der Waals surface area contributed by atoms with Crippen molar-refractivity contribution < 1.29 is 66.6 Å². The number of alkyl halides is 11. The van der Waals surface area contributed by atoms with E-state index >= 15 is 8.78 Å². The molecule has 65 heavy (non-hydrogen) atoms. The number of carbonyl (C=O) groups is 1. The summed E-state index contributed by atoms with van der Waals surface area (Å²) in [5.41, 5.74) is -4.57. The van der Waals surface area contributed by atoms with Crippen LogP contribution in [0.5, 0.6) is 5.88 Å². The third kappa shape index (κ3) is 8.49. The normalized spacial score (nSPS) is 15.8. The van der Waals surface area contributed by atoms with Gasteiger partial charge in [-0.3, -0.25) is 23.5 Å². The van der Waals surface area contributed by atoms with Gasteiger partial charge >= 0.3 is 18.0 Å². The van der Waals surface area contributed by atoms with Gasteiger partial charge in [0.15, 0.2) is 18.1 Å². The van der Waals surface area contributed by atoms with E-state index in [1.807, 2.05) is 0 Å². The molecule has 0 spiro atoms. The molecule has 2 N–H and O–H groups in total. The third-order valence-electron chi connectivity index (χ3n) is 10.3. The molecule has 1 aliphatic carbocycles. The van der Waals surface area contributed by atoms with Gasteiger partial charge in [-0.25, -0.2) is 22.5 Å². The van der Waals surface area contributed by atoms with Gasteiger partial charge < -0.3 is 14.8 Å². The lowest BCUT2D eigenvalue weighted by molar-refractivity contribution is -0.358. The molecule has 4 heterocycles. The van der Waals surface area contributed by atoms with Crippen LogP contribution in [0.1, 0.15) is 47.7 Å². The monoisotopic (exact) mass is 973 g/mol. The summed E-state index contributed by atoms with van der Waals surface area (Å²) in [5.74, 6) is -22.6. The maximum absolute atomic E-state index is 15.4. The summed E-state index contributed by atoms with van der Waals surface area (Å²) < 4.78 is 193. The fraction of sp³-hybridized carbons (Fsp3) is 0.368. The van der Waals surface area contributed by atoms with Crippen LogP contribution >= 0.6 is 23.5 Å². The molecule has 2 atom stereocenters. The fourth-order valence-corrected chi connectivity index (χ4v) is 7.96. The van der Waals surface area contributed by atoms with Crippen molar-refractivity contribution in [2.24, 2.45) is 13.0 Å². The summed E-state index contributed by atoms with van der Waals surface area (Å²) in [7, 11) is 1.44. The van der Waals surface area contributed by atoms with Crippen LogP contribution in [0.25, 0.3) is 27.6 Å². The van der Waals surface area contributed by atoms with Gasteiger partial charge in [0.2, 0.25) is 11.8 Å². The Labute approximate surface area is 365 Å². The van der Waals surface area contributed by atoms with E-state index in [-0.39, 0.29) is 33.0 Å². The Morgan fingerprint density at radius 2 is 1.69 bits per heavy atom. The van der Waals surface area contributed by atoms with Crippen LogP contribution in [-0.2, 0) is 37.2 Å². The number of anilines is 1. The van der Waals surface area contributed by atoms with Crippen molar-refractivity contribution in [3.8, 4) is 11.6 Å². The second-order valence-electron chi connectivity index (χ2n) is 14.8. The van der Waals surface area contributed by atoms with E-state index in [0.29, 0.717) is 16.8 Å². The minimum atomic E-state index is -6.70. The quantitative estimate of drug-likeness (QED) is 0.0811. The molecule has 7 rings (SSSR count). The Morgan fingerprint density at radius 1 is 1.02 bits per heavy atom. The van der Waals surface area contributed by atoms with Gasteiger partial charge in [-0.1, -0.05) is 30.5 Å². The first-order valence-corrected chi connectivity index (χ1v) is 20.2. The molecule has 6 aromatic rings. The molecule has 0 fully saturated rings. The van der Waals surface area contributed by atoms with Gasteiger partial charge in [-0.05, 0) is 42.3 Å². The summed E-state index contributed by atoms with van der Waals surface area (Å²) in [6.07, 6.45) is -9.59. The van der Waals surface area contributed by atoms with Crippen molar-refractivity contribution in [2.75, 3.05) is 17.6 Å². The number of pyridine rings is 1. The zero-order valence-corrected chi connectivity index (χ0v) is 34.7. The maximum Gasteiger partial charge on any atom is 0.460 e. The number of nitrogens with one attached hydrogen (secondary N) is 2. The highest BCUT2D eigenvalue weighted by molar-refractivity contribution is 7.99. The summed E-state index contributed by atoms with van der Waals surface area (Å²) in [6.45, 7) is -2.65. The van der Waals surface area contributed by atoms with Crippen LogP contribution < -0.4 is 20.3 Å². The predicted octanol–water partition coefficient (Wildman–Crippen LogP) is 9.02. The Bertz CT molecular complexity index is 2890. The third-order valence-corrected chi connectivity index (χ3v) is 11.1. The zero-order valence-electron chi connectivity index (χ0n) is 33.2. The molecule has 0 saturated carbocycles. The van der Waals surface area contributed by atoms with Crippen LogP contribution in [0.4, 0.5) is 62.9 Å². The van der Waals surface area contributed by atoms with E-state index in [1.165, 1.54) is 23.9 Å². The number of halogens is 14. The number of aryl methyl sites for hydroxylation is 1. The second kappa shape index (κ2) is 16.9. The van der Waals surface area contributed by atoms with Gasteiger partial charge in [-0.2, -0.15) is 54.7 Å². The number of carbonyl (C=O) groups excluding carboxylic acids is 1. The topological polar surface area (TPSA) is 134 Å². The maximum atomic E-state index is 15.4. The molecule has 1 aliphatic rings. The molecule has 2 aromatic carbocycles. The number of rotatable bonds is 14. The molecule has 12 nitrogen and oxygen atoms in total. The first-order valence-electron chi connectivity index (χ1n) is 18.6. The van der Waals surface area contributed by atoms with Gasteiger partial charge in [0, 0.05) is 43.3 Å². The first kappa shape index (κ1) is 47.2. The highest BCUT2D eigenvalue weighted by Gasteiger charge is 2.73.